The molecule has 118 valence electrons. The van der Waals surface area contributed by atoms with Crippen molar-refractivity contribution >= 4 is 11.8 Å². The second kappa shape index (κ2) is 6.06. The van der Waals surface area contributed by atoms with Crippen LogP contribution in [0.15, 0.2) is 52.8 Å². The van der Waals surface area contributed by atoms with Crippen molar-refractivity contribution in [2.24, 2.45) is 0 Å². The van der Waals surface area contributed by atoms with Crippen LogP contribution in [0.3, 0.4) is 0 Å². The fourth-order valence-corrected chi connectivity index (χ4v) is 3.51. The molecule has 0 saturated heterocycles. The predicted molar refractivity (Wildman–Crippen MR) is 86.8 cm³/mol. The maximum absolute atomic E-state index is 13.8. The normalized spacial score (nSPS) is 13.7. The Balaban J connectivity index is 1.77. The largest absolute Gasteiger partial charge is 0.299 e. The van der Waals surface area contributed by atoms with Crippen molar-refractivity contribution in [2.75, 3.05) is 0 Å². The minimum Gasteiger partial charge on any atom is -0.299 e. The molecule has 1 aromatic carbocycles. The standard InChI is InChI=1S/C17H12FN5S/c18-14-2-1-3-15(13(14)10-19)24-17-22-21-16(23(17)12-4-5-12)11-6-8-20-9-7-11/h1-3,6-9,12H,4-5H2. The van der Waals surface area contributed by atoms with Crippen LogP contribution in [0.1, 0.15) is 24.4 Å². The third kappa shape index (κ3) is 2.65. The van der Waals surface area contributed by atoms with E-state index >= 15 is 0 Å². The number of hydrogen-bond acceptors (Lipinski definition) is 5. The number of rotatable bonds is 4. The van der Waals surface area contributed by atoms with Gasteiger partial charge in [-0.25, -0.2) is 4.39 Å². The number of hydrogen-bond donors (Lipinski definition) is 0. The molecule has 3 aromatic rings. The molecule has 1 saturated carbocycles. The lowest BCUT2D eigenvalue weighted by atomic mass is 10.2. The molecule has 0 N–H and O–H groups in total. The Labute approximate surface area is 142 Å². The van der Waals surface area contributed by atoms with Crippen molar-refractivity contribution in [2.45, 2.75) is 28.9 Å². The van der Waals surface area contributed by atoms with Crippen LogP contribution in [-0.4, -0.2) is 19.7 Å². The van der Waals surface area contributed by atoms with E-state index in [0.29, 0.717) is 16.1 Å². The molecule has 0 bridgehead atoms. The van der Waals surface area contributed by atoms with E-state index in [0.717, 1.165) is 24.2 Å². The molecule has 0 unspecified atom stereocenters. The monoisotopic (exact) mass is 337 g/mol. The van der Waals surface area contributed by atoms with Gasteiger partial charge in [0.05, 0.1) is 0 Å². The number of nitriles is 1. The Bertz CT molecular complexity index is 928. The van der Waals surface area contributed by atoms with Gasteiger partial charge in [-0.3, -0.25) is 9.55 Å². The third-order valence-electron chi connectivity index (χ3n) is 3.80. The van der Waals surface area contributed by atoms with Crippen LogP contribution in [0.4, 0.5) is 4.39 Å². The Morgan fingerprint density at radius 2 is 1.96 bits per heavy atom. The topological polar surface area (TPSA) is 67.4 Å². The minimum atomic E-state index is -0.519. The first-order chi connectivity index (χ1) is 11.8. The van der Waals surface area contributed by atoms with E-state index in [1.54, 1.807) is 24.5 Å². The van der Waals surface area contributed by atoms with Gasteiger partial charge in [0.25, 0.3) is 0 Å². The van der Waals surface area contributed by atoms with E-state index < -0.39 is 5.82 Å². The van der Waals surface area contributed by atoms with Gasteiger partial charge in [-0.2, -0.15) is 5.26 Å². The van der Waals surface area contributed by atoms with Crippen LogP contribution in [-0.2, 0) is 0 Å². The Morgan fingerprint density at radius 1 is 1.17 bits per heavy atom. The lowest BCUT2D eigenvalue weighted by Gasteiger charge is -2.09. The zero-order chi connectivity index (χ0) is 16.5. The molecule has 2 heterocycles. The van der Waals surface area contributed by atoms with Crippen LogP contribution in [0.25, 0.3) is 11.4 Å². The van der Waals surface area contributed by atoms with Crippen molar-refractivity contribution in [3.63, 3.8) is 0 Å². The maximum Gasteiger partial charge on any atom is 0.196 e. The fraction of sp³-hybridized carbons (Fsp3) is 0.176. The SMILES string of the molecule is N#Cc1c(F)cccc1Sc1nnc(-c2ccncc2)n1C1CC1. The zero-order valence-electron chi connectivity index (χ0n) is 12.6. The van der Waals surface area contributed by atoms with Gasteiger partial charge in [-0.15, -0.1) is 10.2 Å². The quantitative estimate of drug-likeness (QED) is 0.723. The molecule has 0 spiro atoms. The van der Waals surface area contributed by atoms with Crippen molar-refractivity contribution in [3.8, 4) is 17.5 Å². The van der Waals surface area contributed by atoms with E-state index in [4.69, 9.17) is 0 Å². The first kappa shape index (κ1) is 14.8. The highest BCUT2D eigenvalue weighted by molar-refractivity contribution is 7.99. The molecule has 5 nitrogen and oxygen atoms in total. The first-order valence-corrected chi connectivity index (χ1v) is 8.31. The minimum absolute atomic E-state index is 0.0401. The number of pyridine rings is 1. The Hall–Kier alpha value is -2.72. The second-order valence-corrected chi connectivity index (χ2v) is 6.48. The molecule has 0 amide bonds. The molecule has 0 aliphatic heterocycles. The summed E-state index contributed by atoms with van der Waals surface area (Å²) >= 11 is 1.27. The van der Waals surface area contributed by atoms with Gasteiger partial charge in [-0.05, 0) is 48.9 Å². The Kier molecular flexibility index (Phi) is 3.75. The molecule has 24 heavy (non-hydrogen) atoms. The summed E-state index contributed by atoms with van der Waals surface area (Å²) in [6.07, 6.45) is 5.57. The van der Waals surface area contributed by atoms with E-state index in [-0.39, 0.29) is 5.56 Å². The van der Waals surface area contributed by atoms with Gasteiger partial charge < -0.3 is 0 Å². The third-order valence-corrected chi connectivity index (χ3v) is 4.82. The molecule has 4 rings (SSSR count). The van der Waals surface area contributed by atoms with E-state index in [2.05, 4.69) is 19.7 Å². The summed E-state index contributed by atoms with van der Waals surface area (Å²) in [7, 11) is 0. The smallest absolute Gasteiger partial charge is 0.196 e. The average Bonchev–Trinajstić information content (AvgIpc) is 3.36. The maximum atomic E-state index is 13.8. The van der Waals surface area contributed by atoms with Crippen LogP contribution in [0.2, 0.25) is 0 Å². The molecule has 1 fully saturated rings. The van der Waals surface area contributed by atoms with Gasteiger partial charge in [0.2, 0.25) is 0 Å². The highest BCUT2D eigenvalue weighted by atomic mass is 32.2. The van der Waals surface area contributed by atoms with E-state index in [9.17, 15) is 9.65 Å². The van der Waals surface area contributed by atoms with E-state index in [1.165, 1.54) is 17.8 Å². The van der Waals surface area contributed by atoms with Crippen LogP contribution >= 0.6 is 11.8 Å². The van der Waals surface area contributed by atoms with Crippen molar-refractivity contribution < 1.29 is 4.39 Å². The summed E-state index contributed by atoms with van der Waals surface area (Å²) in [5, 5.41) is 18.5. The highest BCUT2D eigenvalue weighted by Gasteiger charge is 2.30. The molecule has 0 atom stereocenters. The van der Waals surface area contributed by atoms with Crippen molar-refractivity contribution in [1.29, 1.82) is 5.26 Å². The predicted octanol–water partition coefficient (Wildman–Crippen LogP) is 3.84. The number of aromatic nitrogens is 4. The van der Waals surface area contributed by atoms with Crippen molar-refractivity contribution in [1.82, 2.24) is 19.7 Å². The van der Waals surface area contributed by atoms with Gasteiger partial charge in [0, 0.05) is 28.9 Å². The molecule has 0 radical (unpaired) electrons. The van der Waals surface area contributed by atoms with E-state index in [1.807, 2.05) is 18.2 Å². The lowest BCUT2D eigenvalue weighted by Crippen LogP contribution is -2.00. The second-order valence-electron chi connectivity index (χ2n) is 5.47. The molecule has 2 aromatic heterocycles. The number of nitrogens with zero attached hydrogens (tertiary/aromatic N) is 5. The lowest BCUT2D eigenvalue weighted by molar-refractivity contribution is 0.619. The average molecular weight is 337 g/mol. The van der Waals surface area contributed by atoms with Gasteiger partial charge in [-0.1, -0.05) is 6.07 Å². The van der Waals surface area contributed by atoms with Crippen LogP contribution < -0.4 is 0 Å². The first-order valence-electron chi connectivity index (χ1n) is 7.49. The zero-order valence-corrected chi connectivity index (χ0v) is 13.4. The Morgan fingerprint density at radius 3 is 2.67 bits per heavy atom. The summed E-state index contributed by atoms with van der Waals surface area (Å²) in [6.45, 7) is 0. The number of halogens is 1. The van der Waals surface area contributed by atoms with Gasteiger partial charge >= 0.3 is 0 Å². The summed E-state index contributed by atoms with van der Waals surface area (Å²) in [5.41, 5.74) is 0.981. The number of benzene rings is 1. The molecule has 7 heteroatoms. The van der Waals surface area contributed by atoms with Gasteiger partial charge in [0.1, 0.15) is 17.4 Å². The summed E-state index contributed by atoms with van der Waals surface area (Å²) in [4.78, 5) is 4.58. The summed E-state index contributed by atoms with van der Waals surface area (Å²) < 4.78 is 15.9. The molecule has 1 aliphatic rings. The summed E-state index contributed by atoms with van der Waals surface area (Å²) in [6, 6.07) is 10.7. The molecular weight excluding hydrogens is 325 g/mol. The fourth-order valence-electron chi connectivity index (χ4n) is 2.50. The highest BCUT2D eigenvalue weighted by Crippen LogP contribution is 2.42. The summed E-state index contributed by atoms with van der Waals surface area (Å²) in [5.74, 6) is 0.256. The molecule has 1 aliphatic carbocycles. The van der Waals surface area contributed by atoms with Gasteiger partial charge in [0.15, 0.2) is 11.0 Å². The van der Waals surface area contributed by atoms with Crippen molar-refractivity contribution in [3.05, 3.63) is 54.1 Å². The van der Waals surface area contributed by atoms with Crippen LogP contribution in [0.5, 0.6) is 0 Å². The van der Waals surface area contributed by atoms with Crippen LogP contribution in [0, 0.1) is 17.1 Å². The molecular formula is C17H12FN5S.